The van der Waals surface area contributed by atoms with Gasteiger partial charge in [-0.1, -0.05) is 0 Å². The zero-order valence-electron chi connectivity index (χ0n) is 7.44. The molecule has 14 heavy (non-hydrogen) atoms. The minimum atomic E-state index is -0.474. The van der Waals surface area contributed by atoms with E-state index in [-0.39, 0.29) is 5.69 Å². The summed E-state index contributed by atoms with van der Waals surface area (Å²) in [6.07, 6.45) is 2.88. The number of rotatable bonds is 1. The Morgan fingerprint density at radius 1 is 1.57 bits per heavy atom. The van der Waals surface area contributed by atoms with E-state index in [1.54, 1.807) is 6.20 Å². The molecule has 0 aliphatic heterocycles. The fourth-order valence-corrected chi connectivity index (χ4v) is 1.22. The average molecular weight is 192 g/mol. The maximum atomic E-state index is 11.2. The van der Waals surface area contributed by atoms with E-state index in [1.807, 2.05) is 0 Å². The molecule has 72 valence electrons. The number of H-pyrrole nitrogens is 1. The summed E-state index contributed by atoms with van der Waals surface area (Å²) in [5.74, 6) is -0.139. The molecule has 0 aromatic carbocycles. The molecule has 0 saturated heterocycles. The Morgan fingerprint density at radius 2 is 2.36 bits per heavy atom. The van der Waals surface area contributed by atoms with Gasteiger partial charge in [0.05, 0.1) is 12.5 Å². The van der Waals surface area contributed by atoms with Crippen LogP contribution in [-0.2, 0) is 4.74 Å². The first-order valence-electron chi connectivity index (χ1n) is 3.90. The highest BCUT2D eigenvalue weighted by Gasteiger charge is 2.14. The number of ether oxygens (including phenoxy) is 1. The van der Waals surface area contributed by atoms with Gasteiger partial charge in [0.2, 0.25) is 0 Å². The third-order valence-electron chi connectivity index (χ3n) is 1.90. The normalized spacial score (nSPS) is 10.4. The Balaban J connectivity index is 2.70. The van der Waals surface area contributed by atoms with Crippen LogP contribution in [0.15, 0.2) is 12.5 Å². The number of nitrogen functional groups attached to an aromatic ring is 1. The number of methoxy groups -OCH3 is 1. The van der Waals surface area contributed by atoms with E-state index in [2.05, 4.69) is 19.7 Å². The van der Waals surface area contributed by atoms with Crippen LogP contribution in [0.25, 0.3) is 10.9 Å². The summed E-state index contributed by atoms with van der Waals surface area (Å²) < 4.78 is 4.57. The standard InChI is InChI=1S/C8H8N4O2/c1-14-8(13)6-5-4(2-10-6)7(9)12-3-11-5/h2-3,10H,1H3,(H2,9,11,12). The fraction of sp³-hybridized carbons (Fsp3) is 0.125. The van der Waals surface area contributed by atoms with Crippen LogP contribution in [-0.4, -0.2) is 28.0 Å². The van der Waals surface area contributed by atoms with Crippen molar-refractivity contribution in [2.24, 2.45) is 0 Å². The zero-order chi connectivity index (χ0) is 10.1. The molecule has 6 heteroatoms. The number of esters is 1. The van der Waals surface area contributed by atoms with Gasteiger partial charge in [0.1, 0.15) is 17.7 Å². The van der Waals surface area contributed by atoms with Crippen molar-refractivity contribution in [2.45, 2.75) is 0 Å². The molecule has 0 bridgehead atoms. The Morgan fingerprint density at radius 3 is 3.07 bits per heavy atom. The number of fused-ring (bicyclic) bond motifs is 1. The quantitative estimate of drug-likeness (QED) is 0.635. The number of aromatic nitrogens is 3. The maximum Gasteiger partial charge on any atom is 0.356 e. The molecule has 0 aliphatic carbocycles. The number of hydrogen-bond acceptors (Lipinski definition) is 5. The van der Waals surface area contributed by atoms with Crippen LogP contribution >= 0.6 is 0 Å². The molecule has 0 aliphatic rings. The summed E-state index contributed by atoms with van der Waals surface area (Å²) in [4.78, 5) is 21.7. The summed E-state index contributed by atoms with van der Waals surface area (Å²) in [6, 6.07) is 0. The Labute approximate surface area is 79.1 Å². The first kappa shape index (κ1) is 8.49. The van der Waals surface area contributed by atoms with Crippen LogP contribution in [0.4, 0.5) is 5.82 Å². The zero-order valence-corrected chi connectivity index (χ0v) is 7.44. The number of aromatic amines is 1. The molecule has 0 unspecified atom stereocenters. The van der Waals surface area contributed by atoms with Gasteiger partial charge >= 0.3 is 5.97 Å². The second-order valence-electron chi connectivity index (χ2n) is 2.68. The van der Waals surface area contributed by atoms with Crippen molar-refractivity contribution in [2.75, 3.05) is 12.8 Å². The van der Waals surface area contributed by atoms with E-state index < -0.39 is 5.97 Å². The number of carbonyl (C=O) groups is 1. The van der Waals surface area contributed by atoms with Gasteiger partial charge in [-0.2, -0.15) is 0 Å². The van der Waals surface area contributed by atoms with Crippen molar-refractivity contribution in [1.82, 2.24) is 15.0 Å². The van der Waals surface area contributed by atoms with Crippen molar-refractivity contribution >= 4 is 22.7 Å². The van der Waals surface area contributed by atoms with Crippen LogP contribution in [0.2, 0.25) is 0 Å². The molecule has 0 atom stereocenters. The van der Waals surface area contributed by atoms with E-state index in [4.69, 9.17) is 5.73 Å². The van der Waals surface area contributed by atoms with Crippen molar-refractivity contribution < 1.29 is 9.53 Å². The second kappa shape index (κ2) is 2.99. The second-order valence-corrected chi connectivity index (χ2v) is 2.68. The van der Waals surface area contributed by atoms with Crippen LogP contribution in [0.3, 0.4) is 0 Å². The molecule has 2 heterocycles. The van der Waals surface area contributed by atoms with Gasteiger partial charge in [-0.25, -0.2) is 14.8 Å². The number of carbonyl (C=O) groups excluding carboxylic acids is 1. The van der Waals surface area contributed by atoms with Crippen LogP contribution < -0.4 is 5.73 Å². The lowest BCUT2D eigenvalue weighted by molar-refractivity contribution is 0.0597. The molecule has 0 saturated carbocycles. The lowest BCUT2D eigenvalue weighted by atomic mass is 10.3. The number of hydrogen-bond donors (Lipinski definition) is 2. The summed E-state index contributed by atoms with van der Waals surface area (Å²) >= 11 is 0. The molecule has 0 spiro atoms. The molecule has 3 N–H and O–H groups in total. The molecule has 0 amide bonds. The minimum absolute atomic E-state index is 0.289. The topological polar surface area (TPSA) is 93.9 Å². The first-order chi connectivity index (χ1) is 6.74. The fourth-order valence-electron chi connectivity index (χ4n) is 1.22. The van der Waals surface area contributed by atoms with Crippen molar-refractivity contribution in [3.63, 3.8) is 0 Å². The summed E-state index contributed by atoms with van der Waals surface area (Å²) in [7, 11) is 1.31. The van der Waals surface area contributed by atoms with Gasteiger partial charge in [-0.15, -0.1) is 0 Å². The van der Waals surface area contributed by atoms with Gasteiger partial charge in [0.25, 0.3) is 0 Å². The summed E-state index contributed by atoms with van der Waals surface area (Å²) in [5.41, 5.74) is 6.35. The SMILES string of the molecule is COC(=O)c1[nH]cc2c(N)ncnc12. The highest BCUT2D eigenvalue weighted by molar-refractivity contribution is 6.04. The number of anilines is 1. The Hall–Kier alpha value is -2.11. The number of nitrogens with one attached hydrogen (secondary N) is 1. The number of nitrogens with zero attached hydrogens (tertiary/aromatic N) is 2. The Bertz CT molecular complexity index is 491. The van der Waals surface area contributed by atoms with Crippen LogP contribution in [0, 0.1) is 0 Å². The van der Waals surface area contributed by atoms with Crippen molar-refractivity contribution in [3.05, 3.63) is 18.2 Å². The van der Waals surface area contributed by atoms with Crippen molar-refractivity contribution in [3.8, 4) is 0 Å². The Kier molecular flexibility index (Phi) is 1.81. The molecule has 2 rings (SSSR count). The molecular formula is C8H8N4O2. The molecular weight excluding hydrogens is 184 g/mol. The van der Waals surface area contributed by atoms with E-state index in [0.717, 1.165) is 0 Å². The number of nitrogens with two attached hydrogens (primary N) is 1. The minimum Gasteiger partial charge on any atom is -0.464 e. The van der Waals surface area contributed by atoms with E-state index in [1.165, 1.54) is 13.4 Å². The maximum absolute atomic E-state index is 11.2. The van der Waals surface area contributed by atoms with Gasteiger partial charge in [0, 0.05) is 6.20 Å². The summed E-state index contributed by atoms with van der Waals surface area (Å²) in [5, 5.41) is 0.618. The lowest BCUT2D eigenvalue weighted by Gasteiger charge is -1.96. The predicted octanol–water partition coefficient (Wildman–Crippen LogP) is 0.327. The van der Waals surface area contributed by atoms with E-state index in [0.29, 0.717) is 16.7 Å². The third kappa shape index (κ3) is 1.08. The van der Waals surface area contributed by atoms with Gasteiger partial charge in [-0.05, 0) is 0 Å². The predicted molar refractivity (Wildman–Crippen MR) is 49.6 cm³/mol. The molecule has 0 fully saturated rings. The molecule has 6 nitrogen and oxygen atoms in total. The van der Waals surface area contributed by atoms with Gasteiger partial charge in [0.15, 0.2) is 5.69 Å². The average Bonchev–Trinajstić information content (AvgIpc) is 2.62. The highest BCUT2D eigenvalue weighted by atomic mass is 16.5. The van der Waals surface area contributed by atoms with Crippen LogP contribution in [0.1, 0.15) is 10.5 Å². The van der Waals surface area contributed by atoms with Crippen molar-refractivity contribution in [1.29, 1.82) is 0 Å². The summed E-state index contributed by atoms with van der Waals surface area (Å²) in [6.45, 7) is 0. The monoisotopic (exact) mass is 192 g/mol. The molecule has 0 radical (unpaired) electrons. The highest BCUT2D eigenvalue weighted by Crippen LogP contribution is 2.19. The van der Waals surface area contributed by atoms with Crippen LogP contribution in [0.5, 0.6) is 0 Å². The third-order valence-corrected chi connectivity index (χ3v) is 1.90. The van der Waals surface area contributed by atoms with E-state index >= 15 is 0 Å². The smallest absolute Gasteiger partial charge is 0.356 e. The molecule has 2 aromatic rings. The van der Waals surface area contributed by atoms with Gasteiger partial charge in [-0.3, -0.25) is 0 Å². The van der Waals surface area contributed by atoms with Gasteiger partial charge < -0.3 is 15.5 Å². The lowest BCUT2D eigenvalue weighted by Crippen LogP contribution is -2.02. The molecule has 2 aromatic heterocycles. The van der Waals surface area contributed by atoms with E-state index in [9.17, 15) is 4.79 Å². The first-order valence-corrected chi connectivity index (χ1v) is 3.90. The largest absolute Gasteiger partial charge is 0.464 e.